The SMILES string of the molecule is CCOC(=O)C=CC(=O)O.N. The summed E-state index contributed by atoms with van der Waals surface area (Å²) in [6.07, 6.45) is 1.60. The summed E-state index contributed by atoms with van der Waals surface area (Å²) < 4.78 is 4.40. The number of carbonyl (C=O) groups is 2. The van der Waals surface area contributed by atoms with Crippen LogP contribution in [0.2, 0.25) is 0 Å². The highest BCUT2D eigenvalue weighted by atomic mass is 16.5. The molecule has 11 heavy (non-hydrogen) atoms. The van der Waals surface area contributed by atoms with Crippen molar-refractivity contribution in [2.45, 2.75) is 6.92 Å². The lowest BCUT2D eigenvalue weighted by Crippen LogP contribution is -2.00. The number of rotatable bonds is 3. The van der Waals surface area contributed by atoms with Gasteiger partial charge in [-0.05, 0) is 6.92 Å². The molecule has 5 nitrogen and oxygen atoms in total. The number of carbonyl (C=O) groups excluding carboxylic acids is 1. The molecule has 5 heteroatoms. The van der Waals surface area contributed by atoms with Crippen LogP contribution >= 0.6 is 0 Å². The fourth-order valence-electron chi connectivity index (χ4n) is 0.330. The van der Waals surface area contributed by atoms with Gasteiger partial charge in [-0.25, -0.2) is 9.59 Å². The summed E-state index contributed by atoms with van der Waals surface area (Å²) in [4.78, 5) is 20.2. The lowest BCUT2D eigenvalue weighted by Gasteiger charge is -1.92. The van der Waals surface area contributed by atoms with Gasteiger partial charge in [-0.1, -0.05) is 0 Å². The zero-order chi connectivity index (χ0) is 7.98. The van der Waals surface area contributed by atoms with E-state index in [0.29, 0.717) is 0 Å². The summed E-state index contributed by atoms with van der Waals surface area (Å²) in [5.74, 6) is -1.79. The molecule has 0 fully saturated rings. The van der Waals surface area contributed by atoms with Crippen LogP contribution in [0.25, 0.3) is 0 Å². The third kappa shape index (κ3) is 8.64. The van der Waals surface area contributed by atoms with Gasteiger partial charge in [0.15, 0.2) is 0 Å². The van der Waals surface area contributed by atoms with E-state index < -0.39 is 11.9 Å². The average Bonchev–Trinajstić information content (AvgIpc) is 1.85. The molecule has 0 aliphatic heterocycles. The summed E-state index contributed by atoms with van der Waals surface area (Å²) in [7, 11) is 0. The van der Waals surface area contributed by atoms with Crippen LogP contribution in [0.1, 0.15) is 6.92 Å². The van der Waals surface area contributed by atoms with Gasteiger partial charge >= 0.3 is 11.9 Å². The summed E-state index contributed by atoms with van der Waals surface area (Å²) in [5, 5.41) is 8.04. The molecule has 0 aromatic rings. The van der Waals surface area contributed by atoms with E-state index in [1.807, 2.05) is 0 Å². The van der Waals surface area contributed by atoms with Gasteiger partial charge in [0.05, 0.1) is 6.61 Å². The highest BCUT2D eigenvalue weighted by Crippen LogP contribution is 1.80. The number of esters is 1. The standard InChI is InChI=1S/C6H8O4.H3N/c1-2-10-6(9)4-3-5(7)8;/h3-4H,2H2,1H3,(H,7,8);1H3. The van der Waals surface area contributed by atoms with Crippen molar-refractivity contribution in [2.24, 2.45) is 0 Å². The predicted molar refractivity (Wildman–Crippen MR) is 38.4 cm³/mol. The van der Waals surface area contributed by atoms with Gasteiger partial charge in [0.2, 0.25) is 0 Å². The maximum absolute atomic E-state index is 10.4. The highest BCUT2D eigenvalue weighted by Gasteiger charge is 1.94. The van der Waals surface area contributed by atoms with Crippen LogP contribution in [0, 0.1) is 0 Å². The fraction of sp³-hybridized carbons (Fsp3) is 0.333. The molecule has 64 valence electrons. The van der Waals surface area contributed by atoms with Crippen LogP contribution in [0.5, 0.6) is 0 Å². The monoisotopic (exact) mass is 161 g/mol. The van der Waals surface area contributed by atoms with Crippen LogP contribution in [-0.2, 0) is 14.3 Å². The van der Waals surface area contributed by atoms with Gasteiger partial charge in [0, 0.05) is 12.2 Å². The van der Waals surface area contributed by atoms with Gasteiger partial charge in [-0.3, -0.25) is 0 Å². The molecule has 0 unspecified atom stereocenters. The van der Waals surface area contributed by atoms with Crippen LogP contribution in [0.3, 0.4) is 0 Å². The molecule has 4 N–H and O–H groups in total. The van der Waals surface area contributed by atoms with Crippen molar-refractivity contribution in [3.8, 4) is 0 Å². The molecule has 0 atom stereocenters. The first-order valence-corrected chi connectivity index (χ1v) is 2.74. The van der Waals surface area contributed by atoms with Crippen molar-refractivity contribution >= 4 is 11.9 Å². The van der Waals surface area contributed by atoms with Gasteiger partial charge in [0.1, 0.15) is 0 Å². The summed E-state index contributed by atoms with van der Waals surface area (Å²) in [5.41, 5.74) is 0. The third-order valence-corrected chi connectivity index (χ3v) is 0.649. The zero-order valence-electron chi connectivity index (χ0n) is 6.24. The van der Waals surface area contributed by atoms with Crippen LogP contribution in [0.15, 0.2) is 12.2 Å². The van der Waals surface area contributed by atoms with E-state index in [1.54, 1.807) is 6.92 Å². The van der Waals surface area contributed by atoms with Crippen molar-refractivity contribution in [3.63, 3.8) is 0 Å². The van der Waals surface area contributed by atoms with Crippen molar-refractivity contribution in [3.05, 3.63) is 12.2 Å². The second kappa shape index (κ2) is 6.76. The quantitative estimate of drug-likeness (QED) is 0.459. The smallest absolute Gasteiger partial charge is 0.330 e. The first-order valence-electron chi connectivity index (χ1n) is 2.74. The van der Waals surface area contributed by atoms with E-state index >= 15 is 0 Å². The molecule has 0 amide bonds. The number of carboxylic acids is 1. The minimum Gasteiger partial charge on any atom is -0.478 e. The molecular formula is C6H11NO4. The fourth-order valence-corrected chi connectivity index (χ4v) is 0.330. The Balaban J connectivity index is 0. The molecule has 0 bridgehead atoms. The van der Waals surface area contributed by atoms with E-state index in [4.69, 9.17) is 5.11 Å². The maximum atomic E-state index is 10.4. The van der Waals surface area contributed by atoms with Gasteiger partial charge in [-0.2, -0.15) is 0 Å². The number of hydrogen-bond acceptors (Lipinski definition) is 4. The Kier molecular flexibility index (Phi) is 7.57. The molecule has 0 saturated heterocycles. The molecule has 0 aliphatic rings. The molecule has 0 heterocycles. The van der Waals surface area contributed by atoms with Crippen LogP contribution < -0.4 is 6.15 Å². The molecule has 0 rings (SSSR count). The first-order chi connectivity index (χ1) is 4.66. The van der Waals surface area contributed by atoms with Crippen molar-refractivity contribution < 1.29 is 19.4 Å². The lowest BCUT2D eigenvalue weighted by molar-refractivity contribution is -0.138. The first kappa shape index (κ1) is 12.3. The molecule has 0 radical (unpaired) electrons. The Labute approximate surface area is 64.2 Å². The van der Waals surface area contributed by atoms with E-state index in [-0.39, 0.29) is 12.8 Å². The molecule has 0 aliphatic carbocycles. The Hall–Kier alpha value is -1.36. The highest BCUT2D eigenvalue weighted by molar-refractivity contribution is 5.90. The Morgan fingerprint density at radius 1 is 1.45 bits per heavy atom. The number of hydrogen-bond donors (Lipinski definition) is 2. The Morgan fingerprint density at radius 3 is 2.36 bits per heavy atom. The van der Waals surface area contributed by atoms with Crippen LogP contribution in [-0.4, -0.2) is 23.7 Å². The summed E-state index contributed by atoms with van der Waals surface area (Å²) in [6, 6.07) is 0. The number of ether oxygens (including phenoxy) is 1. The van der Waals surface area contributed by atoms with Gasteiger partial charge < -0.3 is 16.0 Å². The lowest BCUT2D eigenvalue weighted by atomic mass is 10.5. The van der Waals surface area contributed by atoms with E-state index in [9.17, 15) is 9.59 Å². The number of aliphatic carboxylic acids is 1. The maximum Gasteiger partial charge on any atom is 0.330 e. The van der Waals surface area contributed by atoms with Gasteiger partial charge in [-0.15, -0.1) is 0 Å². The average molecular weight is 161 g/mol. The van der Waals surface area contributed by atoms with E-state index in [0.717, 1.165) is 12.2 Å². The Morgan fingerprint density at radius 2 is 2.00 bits per heavy atom. The normalized spacial score (nSPS) is 8.82. The number of carboxylic acid groups (broad SMARTS) is 1. The predicted octanol–water partition coefficient (Wildman–Crippen LogP) is 0.352. The second-order valence-electron chi connectivity index (χ2n) is 1.42. The van der Waals surface area contributed by atoms with Gasteiger partial charge in [0.25, 0.3) is 0 Å². The van der Waals surface area contributed by atoms with E-state index in [1.165, 1.54) is 0 Å². The topological polar surface area (TPSA) is 98.6 Å². The molecule has 0 spiro atoms. The Bertz CT molecular complexity index is 164. The van der Waals surface area contributed by atoms with Crippen molar-refractivity contribution in [1.29, 1.82) is 0 Å². The summed E-state index contributed by atoms with van der Waals surface area (Å²) >= 11 is 0. The minimum atomic E-state index is -1.16. The molecule has 0 aromatic heterocycles. The van der Waals surface area contributed by atoms with Crippen molar-refractivity contribution in [2.75, 3.05) is 6.61 Å². The van der Waals surface area contributed by atoms with E-state index in [2.05, 4.69) is 4.74 Å². The minimum absolute atomic E-state index is 0. The van der Waals surface area contributed by atoms with Crippen LogP contribution in [0.4, 0.5) is 0 Å². The molecular weight excluding hydrogens is 150 g/mol. The third-order valence-electron chi connectivity index (χ3n) is 0.649. The molecule has 0 aromatic carbocycles. The second-order valence-corrected chi connectivity index (χ2v) is 1.42. The summed E-state index contributed by atoms with van der Waals surface area (Å²) in [6.45, 7) is 1.90. The largest absolute Gasteiger partial charge is 0.478 e. The van der Waals surface area contributed by atoms with Crippen molar-refractivity contribution in [1.82, 2.24) is 6.15 Å². The zero-order valence-corrected chi connectivity index (χ0v) is 6.24. The molecule has 0 saturated carbocycles.